The number of nitrogens with one attached hydrogen (secondary N) is 1. The molecule has 0 saturated heterocycles. The van der Waals surface area contributed by atoms with E-state index in [1.165, 1.54) is 0 Å². The number of nitrogens with two attached hydrogens (primary N) is 1. The quantitative estimate of drug-likeness (QED) is 0.750. The summed E-state index contributed by atoms with van der Waals surface area (Å²) in [6, 6.07) is 4.89. The first-order valence-corrected chi connectivity index (χ1v) is 6.82. The Hall–Kier alpha value is -1.11. The van der Waals surface area contributed by atoms with Crippen LogP contribution in [0.1, 0.15) is 5.56 Å². The van der Waals surface area contributed by atoms with Gasteiger partial charge in [0, 0.05) is 18.8 Å². The van der Waals surface area contributed by atoms with Crippen molar-refractivity contribution >= 4 is 15.7 Å². The monoisotopic (exact) mass is 257 g/mol. The summed E-state index contributed by atoms with van der Waals surface area (Å²) in [5.74, 6) is 0. The molecule has 0 radical (unpaired) electrons. The van der Waals surface area contributed by atoms with Gasteiger partial charge in [0.25, 0.3) is 0 Å². The van der Waals surface area contributed by atoms with E-state index in [-0.39, 0.29) is 4.90 Å². The van der Waals surface area contributed by atoms with Gasteiger partial charge >= 0.3 is 0 Å². The van der Waals surface area contributed by atoms with Crippen LogP contribution >= 0.6 is 0 Å². The second-order valence-corrected chi connectivity index (χ2v) is 5.91. The molecular weight excluding hydrogens is 238 g/mol. The van der Waals surface area contributed by atoms with Crippen LogP contribution in [0.2, 0.25) is 0 Å². The molecular formula is C11H19N3O2S. The van der Waals surface area contributed by atoms with Gasteiger partial charge < -0.3 is 10.6 Å². The van der Waals surface area contributed by atoms with Crippen molar-refractivity contribution in [2.45, 2.75) is 11.8 Å². The van der Waals surface area contributed by atoms with Gasteiger partial charge in [-0.1, -0.05) is 6.07 Å². The third-order valence-electron chi connectivity index (χ3n) is 2.47. The molecule has 0 spiro atoms. The molecule has 96 valence electrons. The molecule has 0 aliphatic heterocycles. The molecule has 1 aromatic carbocycles. The lowest BCUT2D eigenvalue weighted by molar-refractivity contribution is 0.412. The summed E-state index contributed by atoms with van der Waals surface area (Å²) in [4.78, 5) is 2.16. The molecule has 0 amide bonds. The fraction of sp³-hybridized carbons (Fsp3) is 0.455. The minimum atomic E-state index is -3.47. The number of likely N-dealkylation sites (N-methyl/N-ethyl adjacent to an activating group) is 1. The van der Waals surface area contributed by atoms with E-state index in [1.807, 2.05) is 19.0 Å². The molecule has 0 aromatic heterocycles. The molecule has 0 fully saturated rings. The van der Waals surface area contributed by atoms with E-state index in [9.17, 15) is 8.42 Å². The van der Waals surface area contributed by atoms with E-state index in [0.717, 1.165) is 0 Å². The van der Waals surface area contributed by atoms with Crippen LogP contribution in [-0.2, 0) is 10.0 Å². The van der Waals surface area contributed by atoms with Gasteiger partial charge in [0.05, 0.1) is 4.90 Å². The number of rotatable bonds is 5. The molecule has 0 unspecified atom stereocenters. The maximum Gasteiger partial charge on any atom is 0.240 e. The topological polar surface area (TPSA) is 75.4 Å². The first-order valence-electron chi connectivity index (χ1n) is 5.34. The van der Waals surface area contributed by atoms with E-state index in [1.54, 1.807) is 25.1 Å². The summed E-state index contributed by atoms with van der Waals surface area (Å²) in [5, 5.41) is 0. The molecule has 0 aliphatic rings. The Morgan fingerprint density at radius 2 is 2.00 bits per heavy atom. The van der Waals surface area contributed by atoms with Crippen LogP contribution in [0.15, 0.2) is 23.1 Å². The zero-order chi connectivity index (χ0) is 13.1. The normalized spacial score (nSPS) is 12.0. The number of nitrogen functional groups attached to an aromatic ring is 1. The van der Waals surface area contributed by atoms with Crippen LogP contribution in [0.5, 0.6) is 0 Å². The summed E-state index contributed by atoms with van der Waals surface area (Å²) in [5.41, 5.74) is 6.77. The van der Waals surface area contributed by atoms with Crippen LogP contribution in [0.4, 0.5) is 5.69 Å². The largest absolute Gasteiger partial charge is 0.398 e. The maximum absolute atomic E-state index is 12.0. The molecule has 3 N–H and O–H groups in total. The van der Waals surface area contributed by atoms with Crippen molar-refractivity contribution in [3.63, 3.8) is 0 Å². The average Bonchev–Trinajstić information content (AvgIpc) is 2.21. The molecule has 17 heavy (non-hydrogen) atoms. The highest BCUT2D eigenvalue weighted by Crippen LogP contribution is 2.19. The van der Waals surface area contributed by atoms with Crippen LogP contribution in [0, 0.1) is 6.92 Å². The second kappa shape index (κ2) is 5.48. The Bertz CT molecular complexity index is 483. The first kappa shape index (κ1) is 14.0. The number of benzene rings is 1. The lowest BCUT2D eigenvalue weighted by Gasteiger charge is -2.13. The summed E-state index contributed by atoms with van der Waals surface area (Å²) in [6.45, 7) is 2.74. The second-order valence-electron chi connectivity index (χ2n) is 4.17. The molecule has 0 saturated carbocycles. The highest BCUT2D eigenvalue weighted by Gasteiger charge is 2.16. The third-order valence-corrected chi connectivity index (χ3v) is 4.07. The minimum Gasteiger partial charge on any atom is -0.398 e. The zero-order valence-corrected chi connectivity index (χ0v) is 11.2. The third kappa shape index (κ3) is 3.69. The fourth-order valence-electron chi connectivity index (χ4n) is 1.40. The molecule has 5 nitrogen and oxygen atoms in total. The molecule has 6 heteroatoms. The summed E-state index contributed by atoms with van der Waals surface area (Å²) in [7, 11) is 0.312. The first-order chi connectivity index (χ1) is 7.84. The lowest BCUT2D eigenvalue weighted by atomic mass is 10.2. The summed E-state index contributed by atoms with van der Waals surface area (Å²) >= 11 is 0. The molecule has 0 bridgehead atoms. The van der Waals surface area contributed by atoms with Crippen molar-refractivity contribution in [1.29, 1.82) is 0 Å². The van der Waals surface area contributed by atoms with Crippen molar-refractivity contribution in [2.24, 2.45) is 0 Å². The van der Waals surface area contributed by atoms with E-state index < -0.39 is 10.0 Å². The van der Waals surface area contributed by atoms with Crippen LogP contribution in [0.25, 0.3) is 0 Å². The lowest BCUT2D eigenvalue weighted by Crippen LogP contribution is -2.31. The van der Waals surface area contributed by atoms with Gasteiger partial charge in [-0.3, -0.25) is 0 Å². The highest BCUT2D eigenvalue weighted by atomic mass is 32.2. The van der Waals surface area contributed by atoms with Gasteiger partial charge in [0.15, 0.2) is 0 Å². The van der Waals surface area contributed by atoms with Crippen LogP contribution < -0.4 is 10.5 Å². The van der Waals surface area contributed by atoms with Crippen molar-refractivity contribution in [2.75, 3.05) is 32.9 Å². The standard InChI is InChI=1S/C11H19N3O2S/c1-9-10(12)5-4-6-11(9)17(15,16)13-7-8-14(2)3/h4-6,13H,7-8,12H2,1-3H3. The van der Waals surface area contributed by atoms with Gasteiger partial charge in [-0.15, -0.1) is 0 Å². The Morgan fingerprint density at radius 3 is 2.59 bits per heavy atom. The Labute approximate surface area is 103 Å². The van der Waals surface area contributed by atoms with Gasteiger partial charge in [-0.2, -0.15) is 0 Å². The van der Waals surface area contributed by atoms with Gasteiger partial charge in [0.1, 0.15) is 0 Å². The molecule has 0 aliphatic carbocycles. The van der Waals surface area contributed by atoms with E-state index in [2.05, 4.69) is 4.72 Å². The predicted octanol–water partition coefficient (Wildman–Crippen LogP) is 0.417. The molecule has 1 aromatic rings. The predicted molar refractivity (Wildman–Crippen MR) is 69.3 cm³/mol. The number of anilines is 1. The van der Waals surface area contributed by atoms with Crippen LogP contribution in [0.3, 0.4) is 0 Å². The Morgan fingerprint density at radius 1 is 1.35 bits per heavy atom. The Kier molecular flexibility index (Phi) is 4.50. The van der Waals surface area contributed by atoms with Crippen molar-refractivity contribution < 1.29 is 8.42 Å². The SMILES string of the molecule is Cc1c(N)cccc1S(=O)(=O)NCCN(C)C. The zero-order valence-electron chi connectivity index (χ0n) is 10.4. The number of nitrogens with zero attached hydrogens (tertiary/aromatic N) is 1. The minimum absolute atomic E-state index is 0.247. The molecule has 1 rings (SSSR count). The number of sulfonamides is 1. The van der Waals surface area contributed by atoms with E-state index in [0.29, 0.717) is 24.3 Å². The molecule has 0 atom stereocenters. The summed E-state index contributed by atoms with van der Waals surface area (Å²) < 4.78 is 26.6. The van der Waals surface area contributed by atoms with Crippen molar-refractivity contribution in [3.8, 4) is 0 Å². The maximum atomic E-state index is 12.0. The van der Waals surface area contributed by atoms with Crippen molar-refractivity contribution in [3.05, 3.63) is 23.8 Å². The van der Waals surface area contributed by atoms with Crippen LogP contribution in [-0.4, -0.2) is 40.5 Å². The molecule has 0 heterocycles. The number of hydrogen-bond acceptors (Lipinski definition) is 4. The van der Waals surface area contributed by atoms with E-state index >= 15 is 0 Å². The van der Waals surface area contributed by atoms with Gasteiger partial charge in [0.2, 0.25) is 10.0 Å². The number of hydrogen-bond donors (Lipinski definition) is 2. The van der Waals surface area contributed by atoms with Gasteiger partial charge in [-0.05, 0) is 38.7 Å². The van der Waals surface area contributed by atoms with Gasteiger partial charge in [-0.25, -0.2) is 13.1 Å². The van der Waals surface area contributed by atoms with E-state index in [4.69, 9.17) is 5.73 Å². The Balaban J connectivity index is 2.87. The summed E-state index contributed by atoms with van der Waals surface area (Å²) in [6.07, 6.45) is 0. The smallest absolute Gasteiger partial charge is 0.240 e. The fourth-order valence-corrected chi connectivity index (χ4v) is 2.70. The average molecular weight is 257 g/mol. The highest BCUT2D eigenvalue weighted by molar-refractivity contribution is 7.89. The van der Waals surface area contributed by atoms with Crippen molar-refractivity contribution in [1.82, 2.24) is 9.62 Å².